The zero-order valence-corrected chi connectivity index (χ0v) is 13.4. The Morgan fingerprint density at radius 2 is 1.96 bits per heavy atom. The van der Waals surface area contributed by atoms with E-state index in [1.807, 2.05) is 34.9 Å². The van der Waals surface area contributed by atoms with Gasteiger partial charge in [-0.15, -0.1) is 0 Å². The third-order valence-electron chi connectivity index (χ3n) is 4.58. The van der Waals surface area contributed by atoms with Crippen molar-refractivity contribution >= 4 is 17.0 Å². The number of imidazole rings is 1. The minimum Gasteiger partial charge on any atom is -0.382 e. The Hall–Kier alpha value is -2.55. The van der Waals surface area contributed by atoms with Gasteiger partial charge in [-0.3, -0.25) is 4.57 Å². The van der Waals surface area contributed by atoms with Crippen LogP contribution in [0.2, 0.25) is 0 Å². The lowest BCUT2D eigenvalue weighted by Crippen LogP contribution is -2.23. The lowest BCUT2D eigenvalue weighted by Gasteiger charge is -2.19. The van der Waals surface area contributed by atoms with Crippen molar-refractivity contribution in [3.8, 4) is 0 Å². The van der Waals surface area contributed by atoms with Crippen molar-refractivity contribution in [2.45, 2.75) is 31.1 Å². The highest BCUT2D eigenvalue weighted by molar-refractivity contribution is 5.81. The Morgan fingerprint density at radius 1 is 1.08 bits per heavy atom. The zero-order valence-electron chi connectivity index (χ0n) is 13.4. The predicted molar refractivity (Wildman–Crippen MR) is 88.4 cm³/mol. The van der Waals surface area contributed by atoms with E-state index in [0.29, 0.717) is 30.2 Å². The molecule has 0 saturated carbocycles. The van der Waals surface area contributed by atoms with Gasteiger partial charge in [0.1, 0.15) is 30.2 Å². The molecule has 4 heterocycles. The summed E-state index contributed by atoms with van der Waals surface area (Å²) < 4.78 is 19.5. The number of anilines is 1. The van der Waals surface area contributed by atoms with Gasteiger partial charge in [-0.05, 0) is 5.56 Å². The van der Waals surface area contributed by atoms with Crippen LogP contribution in [0, 0.1) is 0 Å². The molecule has 2 aliphatic heterocycles. The molecule has 4 atom stereocenters. The lowest BCUT2D eigenvalue weighted by atomic mass is 10.2. The van der Waals surface area contributed by atoms with E-state index in [-0.39, 0.29) is 24.5 Å². The number of ether oxygens (including phenoxy) is 3. The number of nitrogens with zero attached hydrogens (tertiary/aromatic N) is 4. The molecule has 0 spiro atoms. The van der Waals surface area contributed by atoms with Crippen LogP contribution >= 0.6 is 0 Å². The molecule has 2 aliphatic rings. The summed E-state index contributed by atoms with van der Waals surface area (Å²) >= 11 is 0. The molecule has 25 heavy (non-hydrogen) atoms. The summed E-state index contributed by atoms with van der Waals surface area (Å²) in [7, 11) is 0. The quantitative estimate of drug-likeness (QED) is 0.699. The largest absolute Gasteiger partial charge is 0.382 e. The molecule has 0 amide bonds. The summed E-state index contributed by atoms with van der Waals surface area (Å²) in [6, 6.07) is 10.1. The van der Waals surface area contributed by atoms with Crippen LogP contribution in [0.3, 0.4) is 0 Å². The molecule has 128 valence electrons. The zero-order chi connectivity index (χ0) is 16.8. The van der Waals surface area contributed by atoms with Gasteiger partial charge in [-0.25, -0.2) is 15.0 Å². The van der Waals surface area contributed by atoms with E-state index in [4.69, 9.17) is 19.9 Å². The summed E-state index contributed by atoms with van der Waals surface area (Å²) in [6.07, 6.45) is 2.78. The molecule has 3 aromatic rings. The summed E-state index contributed by atoms with van der Waals surface area (Å²) in [4.78, 5) is 12.5. The minimum atomic E-state index is -0.269. The number of hydrogen-bond donors (Lipinski definition) is 1. The number of nitrogens with two attached hydrogens (primary N) is 1. The van der Waals surface area contributed by atoms with E-state index >= 15 is 0 Å². The molecule has 0 aliphatic carbocycles. The van der Waals surface area contributed by atoms with Gasteiger partial charge in [-0.2, -0.15) is 0 Å². The van der Waals surface area contributed by atoms with Crippen LogP contribution in [0.4, 0.5) is 5.82 Å². The van der Waals surface area contributed by atoms with Crippen molar-refractivity contribution in [1.82, 2.24) is 19.5 Å². The van der Waals surface area contributed by atoms with Crippen LogP contribution in [0.1, 0.15) is 11.8 Å². The molecular formula is C17H17N5O3. The Bertz CT molecular complexity index is 900. The summed E-state index contributed by atoms with van der Waals surface area (Å²) in [5.41, 5.74) is 8.21. The fraction of sp³-hybridized carbons (Fsp3) is 0.353. The lowest BCUT2D eigenvalue weighted by molar-refractivity contribution is -0.0960. The first-order valence-electron chi connectivity index (χ1n) is 8.17. The maximum absolute atomic E-state index is 6.13. The number of aromatic nitrogens is 4. The van der Waals surface area contributed by atoms with Gasteiger partial charge >= 0.3 is 0 Å². The fourth-order valence-corrected chi connectivity index (χ4v) is 3.28. The molecule has 1 aromatic carbocycles. The first kappa shape index (κ1) is 14.8. The van der Waals surface area contributed by atoms with Crippen molar-refractivity contribution in [1.29, 1.82) is 0 Å². The molecule has 2 aromatic heterocycles. The van der Waals surface area contributed by atoms with Gasteiger partial charge in [0.25, 0.3) is 0 Å². The first-order chi connectivity index (χ1) is 12.3. The molecule has 0 bridgehead atoms. The van der Waals surface area contributed by atoms with Crippen molar-refractivity contribution in [3.63, 3.8) is 0 Å². The molecule has 2 N–H and O–H groups in total. The number of rotatable bonds is 5. The molecule has 8 nitrogen and oxygen atoms in total. The van der Waals surface area contributed by atoms with Crippen molar-refractivity contribution in [2.75, 3.05) is 12.3 Å². The molecular weight excluding hydrogens is 322 g/mol. The van der Waals surface area contributed by atoms with E-state index in [9.17, 15) is 0 Å². The van der Waals surface area contributed by atoms with E-state index < -0.39 is 0 Å². The highest BCUT2D eigenvalue weighted by Gasteiger charge is 2.59. The van der Waals surface area contributed by atoms with Crippen LogP contribution in [0.5, 0.6) is 0 Å². The molecule has 2 saturated heterocycles. The smallest absolute Gasteiger partial charge is 0.167 e. The molecule has 0 unspecified atom stereocenters. The molecule has 2 fully saturated rings. The topological polar surface area (TPSA) is 101 Å². The van der Waals surface area contributed by atoms with Crippen molar-refractivity contribution < 1.29 is 14.2 Å². The number of epoxide rings is 1. The van der Waals surface area contributed by atoms with Gasteiger partial charge in [0.2, 0.25) is 0 Å². The van der Waals surface area contributed by atoms with Crippen LogP contribution in [-0.4, -0.2) is 44.4 Å². The Kier molecular flexibility index (Phi) is 3.40. The highest BCUT2D eigenvalue weighted by Crippen LogP contribution is 2.45. The third-order valence-corrected chi connectivity index (χ3v) is 4.58. The molecule has 8 heteroatoms. The van der Waals surface area contributed by atoms with E-state index in [1.54, 1.807) is 6.33 Å². The second kappa shape index (κ2) is 5.76. The number of nitrogen functional groups attached to an aromatic ring is 1. The van der Waals surface area contributed by atoms with E-state index in [0.717, 1.165) is 5.56 Å². The highest BCUT2D eigenvalue weighted by atomic mass is 16.7. The normalized spacial score (nSPS) is 27.5. The number of fused-ring (bicyclic) bond motifs is 2. The first-order valence-corrected chi connectivity index (χ1v) is 8.17. The number of hydrogen-bond acceptors (Lipinski definition) is 7. The van der Waals surface area contributed by atoms with Crippen molar-refractivity contribution in [2.24, 2.45) is 0 Å². The average Bonchev–Trinajstić information content (AvgIpc) is 3.17. The maximum Gasteiger partial charge on any atom is 0.167 e. The van der Waals surface area contributed by atoms with Gasteiger partial charge in [0.05, 0.1) is 19.5 Å². The van der Waals surface area contributed by atoms with Crippen LogP contribution in [-0.2, 0) is 20.8 Å². The second-order valence-corrected chi connectivity index (χ2v) is 6.21. The maximum atomic E-state index is 6.13. The molecule has 0 radical (unpaired) electrons. The number of benzene rings is 1. The van der Waals surface area contributed by atoms with Crippen LogP contribution in [0.25, 0.3) is 11.2 Å². The average molecular weight is 339 g/mol. The van der Waals surface area contributed by atoms with Crippen molar-refractivity contribution in [3.05, 3.63) is 48.5 Å². The summed E-state index contributed by atoms with van der Waals surface area (Å²) in [5.74, 6) is 0.359. The monoisotopic (exact) mass is 339 g/mol. The Balaban J connectivity index is 1.27. The predicted octanol–water partition coefficient (Wildman–Crippen LogP) is 1.29. The van der Waals surface area contributed by atoms with Gasteiger partial charge in [0, 0.05) is 0 Å². The van der Waals surface area contributed by atoms with Crippen LogP contribution < -0.4 is 5.73 Å². The SMILES string of the molecule is Nc1ncnc2c1ncn2[C@@H]1O[C@H](COCc2ccccc2)[C@@H]2O[C@@H]21. The van der Waals surface area contributed by atoms with Gasteiger partial charge in [-0.1, -0.05) is 30.3 Å². The van der Waals surface area contributed by atoms with Crippen LogP contribution in [0.15, 0.2) is 43.0 Å². The fourth-order valence-electron chi connectivity index (χ4n) is 3.28. The Morgan fingerprint density at radius 3 is 2.84 bits per heavy atom. The molecule has 5 rings (SSSR count). The summed E-state index contributed by atoms with van der Waals surface area (Å²) in [5, 5.41) is 0. The third kappa shape index (κ3) is 2.55. The van der Waals surface area contributed by atoms with E-state index in [1.165, 1.54) is 6.33 Å². The summed E-state index contributed by atoms with van der Waals surface area (Å²) in [6.45, 7) is 1.04. The minimum absolute atomic E-state index is 0.00100. The van der Waals surface area contributed by atoms with Gasteiger partial charge < -0.3 is 19.9 Å². The van der Waals surface area contributed by atoms with Gasteiger partial charge in [0.15, 0.2) is 17.7 Å². The van der Waals surface area contributed by atoms with E-state index in [2.05, 4.69) is 15.0 Å². The standard InChI is InChI=1S/C17H17N5O3/c18-15-12-16(20-8-19-15)22(9-21-12)17-14-13(25-14)11(24-17)7-23-6-10-4-2-1-3-5-10/h1-5,8-9,11,13-14,17H,6-7H2,(H2,18,19,20)/t11-,13+,14+,17-/m1/s1. The second-order valence-electron chi connectivity index (χ2n) is 6.21. The Labute approximate surface area is 143 Å².